The van der Waals surface area contributed by atoms with E-state index in [9.17, 15) is 14.4 Å². The van der Waals surface area contributed by atoms with E-state index in [1.807, 2.05) is 18.7 Å². The van der Waals surface area contributed by atoms with Crippen LogP contribution in [0, 0.1) is 0 Å². The molecule has 1 aliphatic heterocycles. The number of amides is 2. The summed E-state index contributed by atoms with van der Waals surface area (Å²) in [5.41, 5.74) is -1.08. The SMILES string of the molecule is CC1(C)[C@H](n2oc(=O)n(-c3ccc(Cl)c(Cl)c3)c2=O)N(c2ccc(Cl)c(Cl)c2)C(=O)N1C1CCCCC1. The van der Waals surface area contributed by atoms with Gasteiger partial charge in [0.25, 0.3) is 0 Å². The van der Waals surface area contributed by atoms with Crippen LogP contribution in [0.4, 0.5) is 10.5 Å². The summed E-state index contributed by atoms with van der Waals surface area (Å²) in [6, 6.07) is 8.85. The summed E-state index contributed by atoms with van der Waals surface area (Å²) >= 11 is 24.6. The highest BCUT2D eigenvalue weighted by atomic mass is 35.5. The molecular weight excluding hydrogens is 562 g/mol. The molecule has 3 aromatic rings. The Morgan fingerprint density at radius 2 is 1.38 bits per heavy atom. The second kappa shape index (κ2) is 9.73. The number of carbonyl (C=O) groups excluding carboxylic acids is 1. The number of urea groups is 1. The van der Waals surface area contributed by atoms with Crippen LogP contribution in [0.25, 0.3) is 5.69 Å². The fourth-order valence-corrected chi connectivity index (χ4v) is 6.07. The Morgan fingerprint density at radius 1 is 0.811 bits per heavy atom. The summed E-state index contributed by atoms with van der Waals surface area (Å²) in [5.74, 6) is -0.920. The van der Waals surface area contributed by atoms with Gasteiger partial charge in [0.15, 0.2) is 6.17 Å². The Kier molecular flexibility index (Phi) is 6.90. The molecule has 1 saturated heterocycles. The number of hydrogen-bond donors (Lipinski definition) is 0. The molecule has 2 fully saturated rings. The van der Waals surface area contributed by atoms with Gasteiger partial charge in [-0.1, -0.05) is 65.7 Å². The number of benzene rings is 2. The minimum absolute atomic E-state index is 0.0221. The zero-order chi connectivity index (χ0) is 26.6. The van der Waals surface area contributed by atoms with E-state index in [2.05, 4.69) is 0 Å². The maximum Gasteiger partial charge on any atom is 0.447 e. The molecule has 2 aromatic carbocycles. The van der Waals surface area contributed by atoms with Crippen molar-refractivity contribution < 1.29 is 9.32 Å². The van der Waals surface area contributed by atoms with E-state index in [1.165, 1.54) is 23.1 Å². The number of aromatic nitrogens is 2. The summed E-state index contributed by atoms with van der Waals surface area (Å²) in [4.78, 5) is 44.0. The number of rotatable bonds is 4. The topological polar surface area (TPSA) is 80.7 Å². The normalized spacial score (nSPS) is 20.2. The highest BCUT2D eigenvalue weighted by Crippen LogP contribution is 2.46. The summed E-state index contributed by atoms with van der Waals surface area (Å²) in [5, 5.41) is 1.03. The Balaban J connectivity index is 1.69. The predicted molar refractivity (Wildman–Crippen MR) is 145 cm³/mol. The van der Waals surface area contributed by atoms with Gasteiger partial charge in [-0.05, 0) is 63.1 Å². The lowest BCUT2D eigenvalue weighted by Crippen LogP contribution is -2.51. The van der Waals surface area contributed by atoms with Gasteiger partial charge >= 0.3 is 17.5 Å². The largest absolute Gasteiger partial charge is 0.447 e. The van der Waals surface area contributed by atoms with Crippen molar-refractivity contribution in [2.45, 2.75) is 63.7 Å². The molecule has 0 unspecified atom stereocenters. The first-order valence-corrected chi connectivity index (χ1v) is 13.4. The highest BCUT2D eigenvalue weighted by Gasteiger charge is 2.57. The van der Waals surface area contributed by atoms with E-state index in [1.54, 1.807) is 18.2 Å². The van der Waals surface area contributed by atoms with Gasteiger partial charge in [0, 0.05) is 11.7 Å². The molecule has 0 spiro atoms. The van der Waals surface area contributed by atoms with Crippen molar-refractivity contribution in [1.82, 2.24) is 14.2 Å². The molecule has 1 aromatic heterocycles. The van der Waals surface area contributed by atoms with Crippen molar-refractivity contribution in [2.75, 3.05) is 4.90 Å². The zero-order valence-corrected chi connectivity index (χ0v) is 23.1. The van der Waals surface area contributed by atoms with Crippen LogP contribution in [-0.2, 0) is 0 Å². The molecule has 196 valence electrons. The molecule has 8 nitrogen and oxygen atoms in total. The van der Waals surface area contributed by atoms with Crippen LogP contribution in [-0.4, -0.2) is 31.8 Å². The third-order valence-corrected chi connectivity index (χ3v) is 8.63. The first-order chi connectivity index (χ1) is 17.5. The van der Waals surface area contributed by atoms with Gasteiger partial charge in [-0.2, -0.15) is 4.57 Å². The number of hydrogen-bond acceptors (Lipinski definition) is 4. The monoisotopic (exact) mass is 584 g/mol. The van der Waals surface area contributed by atoms with Crippen LogP contribution in [0.3, 0.4) is 0 Å². The van der Waals surface area contributed by atoms with E-state index in [-0.39, 0.29) is 32.8 Å². The second-order valence-corrected chi connectivity index (χ2v) is 11.5. The molecule has 0 N–H and O–H groups in total. The Labute approximate surface area is 232 Å². The van der Waals surface area contributed by atoms with Gasteiger partial charge < -0.3 is 9.42 Å². The third kappa shape index (κ3) is 4.38. The fraction of sp³-hybridized carbons (Fsp3) is 0.400. The van der Waals surface area contributed by atoms with Crippen molar-refractivity contribution in [3.05, 3.63) is 77.5 Å². The zero-order valence-electron chi connectivity index (χ0n) is 20.1. The third-order valence-electron chi connectivity index (χ3n) is 7.15. The Morgan fingerprint density at radius 3 is 1.97 bits per heavy atom. The Bertz CT molecular complexity index is 1490. The van der Waals surface area contributed by atoms with Gasteiger partial charge in [-0.25, -0.2) is 14.4 Å². The second-order valence-electron chi connectivity index (χ2n) is 9.84. The lowest BCUT2D eigenvalue weighted by Gasteiger charge is -2.40. The van der Waals surface area contributed by atoms with Crippen molar-refractivity contribution in [3.8, 4) is 5.69 Å². The summed E-state index contributed by atoms with van der Waals surface area (Å²) in [6.45, 7) is 3.73. The fourth-order valence-electron chi connectivity index (χ4n) is 5.49. The summed E-state index contributed by atoms with van der Waals surface area (Å²) in [7, 11) is 0. The lowest BCUT2D eigenvalue weighted by molar-refractivity contribution is 0.0605. The van der Waals surface area contributed by atoms with Crippen LogP contribution in [0.5, 0.6) is 0 Å². The number of halogens is 4. The maximum atomic E-state index is 14.1. The quantitative estimate of drug-likeness (QED) is 0.339. The van der Waals surface area contributed by atoms with Gasteiger partial charge in [0.2, 0.25) is 0 Å². The van der Waals surface area contributed by atoms with Crippen LogP contribution in [0.15, 0.2) is 50.5 Å². The predicted octanol–water partition coefficient (Wildman–Crippen LogP) is 6.76. The molecule has 1 aliphatic carbocycles. The van der Waals surface area contributed by atoms with Gasteiger partial charge in [0.1, 0.15) is 0 Å². The minimum Gasteiger partial charge on any atom is -0.314 e. The lowest BCUT2D eigenvalue weighted by atomic mass is 9.90. The van der Waals surface area contributed by atoms with Crippen LogP contribution >= 0.6 is 46.4 Å². The average molecular weight is 586 g/mol. The first kappa shape index (κ1) is 26.2. The molecule has 37 heavy (non-hydrogen) atoms. The number of anilines is 1. The van der Waals surface area contributed by atoms with Crippen molar-refractivity contribution in [3.63, 3.8) is 0 Å². The van der Waals surface area contributed by atoms with E-state index in [0.29, 0.717) is 10.7 Å². The van der Waals surface area contributed by atoms with Gasteiger partial charge in [0.05, 0.1) is 31.3 Å². The van der Waals surface area contributed by atoms with E-state index in [4.69, 9.17) is 50.9 Å². The number of nitrogens with zero attached hydrogens (tertiary/aromatic N) is 4. The molecule has 0 radical (unpaired) electrons. The van der Waals surface area contributed by atoms with E-state index < -0.39 is 23.2 Å². The van der Waals surface area contributed by atoms with Crippen LogP contribution in [0.2, 0.25) is 20.1 Å². The smallest absolute Gasteiger partial charge is 0.314 e. The molecule has 2 heterocycles. The maximum absolute atomic E-state index is 14.1. The van der Waals surface area contributed by atoms with E-state index >= 15 is 0 Å². The Hall–Kier alpha value is -2.39. The van der Waals surface area contributed by atoms with Crippen molar-refractivity contribution >= 4 is 58.1 Å². The van der Waals surface area contributed by atoms with Crippen molar-refractivity contribution in [1.29, 1.82) is 0 Å². The molecule has 0 bridgehead atoms. The van der Waals surface area contributed by atoms with Gasteiger partial charge in [-0.3, -0.25) is 4.90 Å². The minimum atomic E-state index is -0.997. The molecule has 2 amide bonds. The van der Waals surface area contributed by atoms with Crippen LogP contribution in [0.1, 0.15) is 52.1 Å². The van der Waals surface area contributed by atoms with E-state index in [0.717, 1.165) is 41.4 Å². The molecule has 2 aliphatic rings. The molecule has 1 atom stereocenters. The summed E-state index contributed by atoms with van der Waals surface area (Å²) in [6.07, 6.45) is 3.82. The molecule has 5 rings (SSSR count). The standard InChI is InChI=1S/C25H24Cl4N4O4/c1-25(2)21(33-23(35)31(24(36)37-33)16-9-11-18(27)20(29)13-16)30(15-8-10-17(26)19(28)12-15)22(34)32(25)14-6-4-3-5-7-14/h8-14,21H,3-7H2,1-2H3/t21-/m0/s1. The molecule has 1 saturated carbocycles. The first-order valence-electron chi connectivity index (χ1n) is 11.9. The van der Waals surface area contributed by atoms with Crippen LogP contribution < -0.4 is 16.3 Å². The number of carbonyl (C=O) groups is 1. The average Bonchev–Trinajstić information content (AvgIpc) is 3.25. The molecule has 12 heteroatoms. The highest BCUT2D eigenvalue weighted by molar-refractivity contribution is 6.42. The van der Waals surface area contributed by atoms with Crippen molar-refractivity contribution in [2.24, 2.45) is 0 Å². The molecular formula is C25H24Cl4N4O4. The summed E-state index contributed by atoms with van der Waals surface area (Å²) < 4.78 is 7.35. The van der Waals surface area contributed by atoms with Gasteiger partial charge in [-0.15, -0.1) is 4.74 Å².